The van der Waals surface area contributed by atoms with E-state index in [9.17, 15) is 14.7 Å². The molecule has 1 saturated heterocycles. The van der Waals surface area contributed by atoms with Gasteiger partial charge in [-0.25, -0.2) is 4.98 Å². The van der Waals surface area contributed by atoms with E-state index in [0.717, 1.165) is 12.0 Å². The summed E-state index contributed by atoms with van der Waals surface area (Å²) in [7, 11) is 0. The molecule has 0 bridgehead atoms. The highest BCUT2D eigenvalue weighted by Gasteiger charge is 2.46. The van der Waals surface area contributed by atoms with E-state index in [-0.39, 0.29) is 11.3 Å². The molecule has 0 saturated carbocycles. The zero-order chi connectivity index (χ0) is 27.5. The molecule has 0 aliphatic carbocycles. The second-order valence-electron chi connectivity index (χ2n) is 10.3. The Labute approximate surface area is 228 Å². The van der Waals surface area contributed by atoms with E-state index in [4.69, 9.17) is 4.74 Å². The van der Waals surface area contributed by atoms with E-state index < -0.39 is 17.7 Å². The Morgan fingerprint density at radius 3 is 2.56 bits per heavy atom. The van der Waals surface area contributed by atoms with Gasteiger partial charge in [-0.15, -0.1) is 0 Å². The highest BCUT2D eigenvalue weighted by Crippen LogP contribution is 2.41. The number of aliphatic hydroxyl groups is 1. The van der Waals surface area contributed by atoms with Gasteiger partial charge >= 0.3 is 0 Å². The van der Waals surface area contributed by atoms with Crippen molar-refractivity contribution < 1.29 is 19.4 Å². The van der Waals surface area contributed by atoms with Crippen LogP contribution in [0.25, 0.3) is 11.4 Å². The predicted octanol–water partition coefficient (Wildman–Crippen LogP) is 5.73. The molecular weight excluding hydrogens is 490 g/mol. The number of aromatic nitrogens is 2. The van der Waals surface area contributed by atoms with Crippen LogP contribution >= 0.6 is 0 Å². The summed E-state index contributed by atoms with van der Waals surface area (Å²) in [6.45, 7) is 6.95. The van der Waals surface area contributed by atoms with Crippen molar-refractivity contribution in [3.05, 3.63) is 107 Å². The maximum atomic E-state index is 13.6. The Morgan fingerprint density at radius 1 is 1.03 bits per heavy atom. The van der Waals surface area contributed by atoms with Gasteiger partial charge in [0.15, 0.2) is 5.76 Å². The highest BCUT2D eigenvalue weighted by molar-refractivity contribution is 6.46. The van der Waals surface area contributed by atoms with Gasteiger partial charge in [0.05, 0.1) is 23.9 Å². The molecule has 0 radical (unpaired) electrons. The van der Waals surface area contributed by atoms with E-state index in [1.54, 1.807) is 22.4 Å². The standard InChI is InChI=1S/C32H33N3O4/c1-21(2)16-19-39-25-13-9-12-24(20-25)29-27(30(36)28-22(3)33-26-14-7-8-17-34(26)28)31(37)32(38)35(29)18-15-23-10-5-4-6-11-23/h4-14,17,20-21,29,36H,15-16,18-19H2,1-3H3/b30-27+. The minimum atomic E-state index is -0.768. The summed E-state index contributed by atoms with van der Waals surface area (Å²) in [5.74, 6) is -0.403. The van der Waals surface area contributed by atoms with E-state index in [1.165, 1.54) is 0 Å². The molecule has 1 aliphatic heterocycles. The molecule has 1 N–H and O–H groups in total. The van der Waals surface area contributed by atoms with Gasteiger partial charge in [0.2, 0.25) is 0 Å². The van der Waals surface area contributed by atoms with Gasteiger partial charge in [0.25, 0.3) is 11.7 Å². The third-order valence-corrected chi connectivity index (χ3v) is 7.09. The van der Waals surface area contributed by atoms with Crippen molar-refractivity contribution in [2.45, 2.75) is 39.7 Å². The summed E-state index contributed by atoms with van der Waals surface area (Å²) in [5.41, 5.74) is 3.44. The van der Waals surface area contributed by atoms with Crippen LogP contribution in [0, 0.1) is 12.8 Å². The average molecular weight is 524 g/mol. The molecule has 1 atom stereocenters. The zero-order valence-corrected chi connectivity index (χ0v) is 22.5. The van der Waals surface area contributed by atoms with E-state index in [2.05, 4.69) is 18.8 Å². The van der Waals surface area contributed by atoms with Gasteiger partial charge in [-0.1, -0.05) is 62.4 Å². The van der Waals surface area contributed by atoms with Crippen molar-refractivity contribution in [3.8, 4) is 5.75 Å². The van der Waals surface area contributed by atoms with Crippen LogP contribution in [-0.4, -0.2) is 44.2 Å². The molecular formula is C32H33N3O4. The lowest BCUT2D eigenvalue weighted by molar-refractivity contribution is -0.139. The summed E-state index contributed by atoms with van der Waals surface area (Å²) in [5, 5.41) is 11.7. The molecule has 7 nitrogen and oxygen atoms in total. The van der Waals surface area contributed by atoms with Crippen molar-refractivity contribution in [3.63, 3.8) is 0 Å². The number of ether oxygens (including phenoxy) is 1. The number of imidazole rings is 1. The molecule has 4 aromatic rings. The van der Waals surface area contributed by atoms with Crippen molar-refractivity contribution in [1.82, 2.24) is 14.3 Å². The van der Waals surface area contributed by atoms with E-state index in [1.807, 2.05) is 72.8 Å². The van der Waals surface area contributed by atoms with Gasteiger partial charge in [-0.05, 0) is 61.1 Å². The summed E-state index contributed by atoms with van der Waals surface area (Å²) < 4.78 is 7.74. The third-order valence-electron chi connectivity index (χ3n) is 7.09. The lowest BCUT2D eigenvalue weighted by Gasteiger charge is -2.26. The zero-order valence-electron chi connectivity index (χ0n) is 22.5. The third kappa shape index (κ3) is 5.30. The summed E-state index contributed by atoms with van der Waals surface area (Å²) in [6, 6.07) is 22.1. The molecule has 1 unspecified atom stereocenters. The second kappa shape index (κ2) is 11.2. The molecule has 2 aromatic heterocycles. The van der Waals surface area contributed by atoms with Gasteiger partial charge in [0, 0.05) is 12.7 Å². The molecule has 3 heterocycles. The number of carbonyl (C=O) groups is 2. The lowest BCUT2D eigenvalue weighted by Crippen LogP contribution is -2.31. The highest BCUT2D eigenvalue weighted by atomic mass is 16.5. The lowest BCUT2D eigenvalue weighted by atomic mass is 9.96. The monoisotopic (exact) mass is 523 g/mol. The predicted molar refractivity (Wildman–Crippen MR) is 150 cm³/mol. The second-order valence-corrected chi connectivity index (χ2v) is 10.3. The largest absolute Gasteiger partial charge is 0.505 e. The van der Waals surface area contributed by atoms with Crippen LogP contribution in [0.1, 0.15) is 48.8 Å². The number of fused-ring (bicyclic) bond motifs is 1. The molecule has 1 fully saturated rings. The Hall–Kier alpha value is -4.39. The Morgan fingerprint density at radius 2 is 1.79 bits per heavy atom. The fraction of sp³-hybridized carbons (Fsp3) is 0.281. The Kier molecular flexibility index (Phi) is 7.50. The number of hydrogen-bond donors (Lipinski definition) is 1. The smallest absolute Gasteiger partial charge is 0.295 e. The van der Waals surface area contributed by atoms with Crippen LogP contribution in [0.3, 0.4) is 0 Å². The SMILES string of the molecule is Cc1nc2ccccn2c1/C(O)=C1\C(=O)C(=O)N(CCc2ccccc2)C1c1cccc(OCCC(C)C)c1. The Balaban J connectivity index is 1.60. The summed E-state index contributed by atoms with van der Waals surface area (Å²) >= 11 is 0. The average Bonchev–Trinajstić information content (AvgIpc) is 3.40. The first-order valence-corrected chi connectivity index (χ1v) is 13.3. The van der Waals surface area contributed by atoms with E-state index >= 15 is 0 Å². The van der Waals surface area contributed by atoms with Crippen LogP contribution in [0.5, 0.6) is 5.75 Å². The number of rotatable bonds is 9. The number of nitrogens with zero attached hydrogens (tertiary/aromatic N) is 3. The summed E-state index contributed by atoms with van der Waals surface area (Å²) in [6.07, 6.45) is 3.27. The molecule has 1 amide bonds. The Bertz CT molecular complexity index is 1540. The van der Waals surface area contributed by atoms with Crippen LogP contribution < -0.4 is 4.74 Å². The van der Waals surface area contributed by atoms with Crippen molar-refractivity contribution in [1.29, 1.82) is 0 Å². The number of aryl methyl sites for hydroxylation is 1. The number of benzene rings is 2. The molecule has 1 aliphatic rings. The van der Waals surface area contributed by atoms with E-state index in [0.29, 0.717) is 53.8 Å². The first kappa shape index (κ1) is 26.2. The van der Waals surface area contributed by atoms with Gasteiger partial charge in [-0.3, -0.25) is 14.0 Å². The number of hydrogen-bond acceptors (Lipinski definition) is 5. The van der Waals surface area contributed by atoms with Crippen molar-refractivity contribution in [2.75, 3.05) is 13.2 Å². The van der Waals surface area contributed by atoms with Crippen molar-refractivity contribution in [2.24, 2.45) is 5.92 Å². The number of carbonyl (C=O) groups excluding carboxylic acids is 2. The minimum Gasteiger partial charge on any atom is -0.505 e. The maximum Gasteiger partial charge on any atom is 0.295 e. The van der Waals surface area contributed by atoms with Gasteiger partial charge in [-0.2, -0.15) is 0 Å². The molecule has 0 spiro atoms. The molecule has 2 aromatic carbocycles. The fourth-order valence-corrected chi connectivity index (χ4v) is 5.06. The van der Waals surface area contributed by atoms with Crippen molar-refractivity contribution >= 4 is 23.1 Å². The van der Waals surface area contributed by atoms with Crippen LogP contribution in [-0.2, 0) is 16.0 Å². The van der Waals surface area contributed by atoms with Gasteiger partial charge < -0.3 is 14.7 Å². The minimum absolute atomic E-state index is 0.0566. The topological polar surface area (TPSA) is 84.1 Å². The van der Waals surface area contributed by atoms with Crippen LogP contribution in [0.2, 0.25) is 0 Å². The quantitative estimate of drug-likeness (QED) is 0.172. The number of pyridine rings is 1. The number of Topliss-reactive ketones (excluding diaryl/α,β-unsaturated/α-hetero) is 1. The molecule has 39 heavy (non-hydrogen) atoms. The normalized spacial score (nSPS) is 16.9. The fourth-order valence-electron chi connectivity index (χ4n) is 5.06. The first-order chi connectivity index (χ1) is 18.8. The molecule has 7 heteroatoms. The van der Waals surface area contributed by atoms with Crippen LogP contribution in [0.4, 0.5) is 0 Å². The van der Waals surface area contributed by atoms with Crippen LogP contribution in [0.15, 0.2) is 84.6 Å². The number of aliphatic hydroxyl groups excluding tert-OH is 1. The number of ketones is 1. The summed E-state index contributed by atoms with van der Waals surface area (Å²) in [4.78, 5) is 33.1. The van der Waals surface area contributed by atoms with Gasteiger partial charge in [0.1, 0.15) is 17.1 Å². The number of amides is 1. The molecule has 5 rings (SSSR count). The first-order valence-electron chi connectivity index (χ1n) is 13.3. The maximum absolute atomic E-state index is 13.6. The molecule has 200 valence electrons. The number of likely N-dealkylation sites (tertiary alicyclic amines) is 1.